The predicted octanol–water partition coefficient (Wildman–Crippen LogP) is 3.37. The van der Waals surface area contributed by atoms with Gasteiger partial charge in [-0.1, -0.05) is 18.2 Å². The van der Waals surface area contributed by atoms with Crippen LogP contribution >= 0.6 is 15.9 Å². The molecule has 0 unspecified atom stereocenters. The van der Waals surface area contributed by atoms with E-state index in [-0.39, 0.29) is 17.5 Å². The number of fused-ring (bicyclic) bond motifs is 1. The van der Waals surface area contributed by atoms with Crippen LogP contribution in [0.25, 0.3) is 11.0 Å². The number of rotatable bonds is 3. The van der Waals surface area contributed by atoms with Gasteiger partial charge >= 0.3 is 0 Å². The molecule has 5 nitrogen and oxygen atoms in total. The van der Waals surface area contributed by atoms with Crippen molar-refractivity contribution in [2.75, 3.05) is 0 Å². The van der Waals surface area contributed by atoms with E-state index in [4.69, 9.17) is 4.42 Å². The number of hydrogen-bond donors (Lipinski definition) is 2. The van der Waals surface area contributed by atoms with Crippen molar-refractivity contribution in [3.8, 4) is 0 Å². The van der Waals surface area contributed by atoms with Crippen molar-refractivity contribution in [1.82, 2.24) is 10.3 Å². The Hall–Kier alpha value is -2.34. The minimum atomic E-state index is -0.287. The third-order valence-corrected chi connectivity index (χ3v) is 3.93. The molecule has 0 saturated heterocycles. The quantitative estimate of drug-likeness (QED) is 0.751. The van der Waals surface area contributed by atoms with Crippen molar-refractivity contribution < 1.29 is 9.21 Å². The Labute approximate surface area is 134 Å². The highest BCUT2D eigenvalue weighted by molar-refractivity contribution is 9.10. The number of aromatic nitrogens is 1. The maximum absolute atomic E-state index is 12.2. The van der Waals surface area contributed by atoms with E-state index in [0.717, 1.165) is 11.0 Å². The molecule has 0 fully saturated rings. The summed E-state index contributed by atoms with van der Waals surface area (Å²) in [6.07, 6.45) is 1.38. The maximum atomic E-state index is 12.2. The van der Waals surface area contributed by atoms with E-state index < -0.39 is 0 Å². The summed E-state index contributed by atoms with van der Waals surface area (Å²) in [5, 5.41) is 3.84. The lowest BCUT2D eigenvalue weighted by atomic mass is 10.2. The molecule has 0 bridgehead atoms. The molecule has 2 N–H and O–H groups in total. The molecule has 6 heteroatoms. The zero-order valence-electron chi connectivity index (χ0n) is 11.7. The number of halogens is 1. The molecule has 2 aromatic heterocycles. The van der Waals surface area contributed by atoms with E-state index in [1.165, 1.54) is 12.3 Å². The first-order chi connectivity index (χ1) is 10.5. The highest BCUT2D eigenvalue weighted by Gasteiger charge is 2.16. The molecule has 0 aliphatic carbocycles. The van der Waals surface area contributed by atoms with Gasteiger partial charge in [0.05, 0.1) is 16.1 Å². The topological polar surface area (TPSA) is 75.1 Å². The molecule has 1 aromatic carbocycles. The number of nitrogens with one attached hydrogen (secondary N) is 2. The van der Waals surface area contributed by atoms with Crippen LogP contribution < -0.4 is 10.9 Å². The number of furan rings is 1. The number of para-hydroxylation sites is 1. The third-order valence-electron chi connectivity index (χ3n) is 3.34. The molecular weight excluding hydrogens is 348 g/mol. The van der Waals surface area contributed by atoms with E-state index in [0.29, 0.717) is 15.8 Å². The first-order valence-corrected chi connectivity index (χ1v) is 7.51. The van der Waals surface area contributed by atoms with Crippen LogP contribution in [0.3, 0.4) is 0 Å². The van der Waals surface area contributed by atoms with Gasteiger partial charge in [0, 0.05) is 11.6 Å². The van der Waals surface area contributed by atoms with Crippen LogP contribution in [-0.4, -0.2) is 10.9 Å². The Bertz CT molecular complexity index is 865. The molecule has 1 atom stereocenters. The van der Waals surface area contributed by atoms with Crippen LogP contribution in [0, 0.1) is 0 Å². The van der Waals surface area contributed by atoms with Crippen LogP contribution in [0.1, 0.15) is 29.1 Å². The molecule has 0 radical (unpaired) electrons. The average molecular weight is 361 g/mol. The Balaban J connectivity index is 1.80. The smallest absolute Gasteiger partial charge is 0.262 e. The Kier molecular flexibility index (Phi) is 3.85. The van der Waals surface area contributed by atoms with Gasteiger partial charge in [-0.25, -0.2) is 0 Å². The van der Waals surface area contributed by atoms with Crippen molar-refractivity contribution in [2.24, 2.45) is 0 Å². The summed E-state index contributed by atoms with van der Waals surface area (Å²) >= 11 is 3.11. The first kappa shape index (κ1) is 14.6. The molecule has 3 aromatic rings. The largest absolute Gasteiger partial charge is 0.459 e. The molecule has 2 heterocycles. The standard InChI is InChI=1S/C16H13BrN2O3/c1-9(14-7-10-4-2-3-5-13(10)22-14)19-15(20)11-6-12(17)16(21)18-8-11/h2-9H,1H3,(H,18,21)(H,19,20)/t9-/m1/s1. The molecule has 0 saturated carbocycles. The van der Waals surface area contributed by atoms with Gasteiger partial charge in [0.1, 0.15) is 11.3 Å². The minimum Gasteiger partial charge on any atom is -0.459 e. The Morgan fingerprint density at radius 3 is 2.82 bits per heavy atom. The summed E-state index contributed by atoms with van der Waals surface area (Å²) in [5.74, 6) is 0.392. The van der Waals surface area contributed by atoms with E-state index in [9.17, 15) is 9.59 Å². The molecule has 3 rings (SSSR count). The number of benzene rings is 1. The van der Waals surface area contributed by atoms with E-state index in [2.05, 4.69) is 26.2 Å². The van der Waals surface area contributed by atoms with E-state index >= 15 is 0 Å². The lowest BCUT2D eigenvalue weighted by Crippen LogP contribution is -2.27. The summed E-state index contributed by atoms with van der Waals surface area (Å²) in [6.45, 7) is 1.84. The van der Waals surface area contributed by atoms with Gasteiger partial charge < -0.3 is 14.7 Å². The van der Waals surface area contributed by atoms with Crippen molar-refractivity contribution in [1.29, 1.82) is 0 Å². The summed E-state index contributed by atoms with van der Waals surface area (Å²) in [5.41, 5.74) is 0.877. The number of carbonyl (C=O) groups is 1. The van der Waals surface area contributed by atoms with Gasteiger partial charge in [0.15, 0.2) is 0 Å². The fraction of sp³-hybridized carbons (Fsp3) is 0.125. The van der Waals surface area contributed by atoms with Gasteiger partial charge in [-0.3, -0.25) is 9.59 Å². The molecule has 0 spiro atoms. The average Bonchev–Trinajstić information content (AvgIpc) is 2.94. The molecular formula is C16H13BrN2O3. The van der Waals surface area contributed by atoms with Gasteiger partial charge in [0.25, 0.3) is 11.5 Å². The fourth-order valence-corrected chi connectivity index (χ4v) is 2.52. The van der Waals surface area contributed by atoms with Crippen LogP contribution in [-0.2, 0) is 0 Å². The number of H-pyrrole nitrogens is 1. The monoisotopic (exact) mass is 360 g/mol. The molecule has 0 aliphatic rings. The van der Waals surface area contributed by atoms with Crippen molar-refractivity contribution in [3.63, 3.8) is 0 Å². The summed E-state index contributed by atoms with van der Waals surface area (Å²) in [4.78, 5) is 26.0. The van der Waals surface area contributed by atoms with Crippen LogP contribution in [0.5, 0.6) is 0 Å². The lowest BCUT2D eigenvalue weighted by Gasteiger charge is -2.11. The van der Waals surface area contributed by atoms with Crippen molar-refractivity contribution >= 4 is 32.8 Å². The highest BCUT2D eigenvalue weighted by atomic mass is 79.9. The summed E-state index contributed by atoms with van der Waals surface area (Å²) in [7, 11) is 0. The minimum absolute atomic E-state index is 0.276. The summed E-state index contributed by atoms with van der Waals surface area (Å²) in [6, 6.07) is 10.8. The number of carbonyl (C=O) groups excluding carboxylic acids is 1. The van der Waals surface area contributed by atoms with Crippen molar-refractivity contribution in [2.45, 2.75) is 13.0 Å². The molecule has 1 amide bonds. The van der Waals surface area contributed by atoms with E-state index in [1.54, 1.807) is 0 Å². The fourth-order valence-electron chi connectivity index (χ4n) is 2.15. The lowest BCUT2D eigenvalue weighted by molar-refractivity contribution is 0.0935. The maximum Gasteiger partial charge on any atom is 0.262 e. The highest BCUT2D eigenvalue weighted by Crippen LogP contribution is 2.23. The van der Waals surface area contributed by atoms with Crippen LogP contribution in [0.4, 0.5) is 0 Å². The zero-order valence-corrected chi connectivity index (χ0v) is 13.3. The van der Waals surface area contributed by atoms with Gasteiger partial charge in [-0.05, 0) is 41.1 Å². The second kappa shape index (κ2) is 5.81. The SMILES string of the molecule is C[C@@H](NC(=O)c1c[nH]c(=O)c(Br)c1)c1cc2ccccc2o1. The van der Waals surface area contributed by atoms with Gasteiger partial charge in [-0.2, -0.15) is 0 Å². The second-order valence-electron chi connectivity index (χ2n) is 4.95. The molecule has 0 aliphatic heterocycles. The normalized spacial score (nSPS) is 12.3. The van der Waals surface area contributed by atoms with E-state index in [1.807, 2.05) is 37.3 Å². The third kappa shape index (κ3) is 2.82. The Morgan fingerprint density at radius 2 is 2.09 bits per heavy atom. The van der Waals surface area contributed by atoms with Crippen LogP contribution in [0.2, 0.25) is 0 Å². The van der Waals surface area contributed by atoms with Crippen LogP contribution in [0.15, 0.2) is 56.3 Å². The molecule has 22 heavy (non-hydrogen) atoms. The van der Waals surface area contributed by atoms with Crippen molar-refractivity contribution in [3.05, 3.63) is 68.7 Å². The second-order valence-corrected chi connectivity index (χ2v) is 5.80. The summed E-state index contributed by atoms with van der Waals surface area (Å²) < 4.78 is 6.04. The number of hydrogen-bond acceptors (Lipinski definition) is 3. The zero-order chi connectivity index (χ0) is 15.7. The van der Waals surface area contributed by atoms with Gasteiger partial charge in [-0.15, -0.1) is 0 Å². The van der Waals surface area contributed by atoms with Gasteiger partial charge in [0.2, 0.25) is 0 Å². The number of amides is 1. The number of aromatic amines is 1. The predicted molar refractivity (Wildman–Crippen MR) is 86.9 cm³/mol. The molecule has 112 valence electrons. The number of pyridine rings is 1. The first-order valence-electron chi connectivity index (χ1n) is 6.72. The Morgan fingerprint density at radius 1 is 1.32 bits per heavy atom.